The predicted molar refractivity (Wildman–Crippen MR) is 79.4 cm³/mol. The topological polar surface area (TPSA) is 78.8 Å². The van der Waals surface area contributed by atoms with Gasteiger partial charge in [0.1, 0.15) is 11.3 Å². The summed E-state index contributed by atoms with van der Waals surface area (Å²) >= 11 is 0. The molecule has 116 valence electrons. The number of nitrogens with one attached hydrogen (secondary N) is 1. The monoisotopic (exact) mass is 293 g/mol. The van der Waals surface area contributed by atoms with Crippen LogP contribution in [0.5, 0.6) is 5.75 Å². The molecule has 21 heavy (non-hydrogen) atoms. The molecule has 0 saturated carbocycles. The van der Waals surface area contributed by atoms with E-state index in [4.69, 9.17) is 4.74 Å². The Morgan fingerprint density at radius 3 is 2.62 bits per heavy atom. The highest BCUT2D eigenvalue weighted by atomic mass is 16.5. The molecule has 1 aliphatic rings. The summed E-state index contributed by atoms with van der Waals surface area (Å²) in [6, 6.07) is 3.04. The van der Waals surface area contributed by atoms with E-state index >= 15 is 0 Å². The van der Waals surface area contributed by atoms with E-state index in [1.807, 2.05) is 20.8 Å². The molecular formula is C16H23NO4. The van der Waals surface area contributed by atoms with Gasteiger partial charge in [0.2, 0.25) is 0 Å². The number of aliphatic hydroxyl groups is 1. The lowest BCUT2D eigenvalue weighted by atomic mass is 9.82. The number of hydrogen-bond donors (Lipinski definition) is 3. The van der Waals surface area contributed by atoms with Crippen LogP contribution in [0.15, 0.2) is 12.1 Å². The number of fused-ring (bicyclic) bond motifs is 1. The van der Waals surface area contributed by atoms with E-state index in [2.05, 4.69) is 5.32 Å². The molecule has 0 heterocycles. The van der Waals surface area contributed by atoms with E-state index in [9.17, 15) is 15.0 Å². The maximum absolute atomic E-state index is 11.8. The molecule has 0 aliphatic heterocycles. The average Bonchev–Trinajstić information content (AvgIpc) is 2.39. The molecule has 1 aromatic carbocycles. The first-order chi connectivity index (χ1) is 9.74. The maximum atomic E-state index is 11.8. The van der Waals surface area contributed by atoms with Crippen molar-refractivity contribution in [3.8, 4) is 5.75 Å². The molecular weight excluding hydrogens is 270 g/mol. The van der Waals surface area contributed by atoms with Gasteiger partial charge in [-0.25, -0.2) is 4.79 Å². The average molecular weight is 293 g/mol. The van der Waals surface area contributed by atoms with Gasteiger partial charge in [-0.15, -0.1) is 0 Å². The number of rotatable bonds is 2. The minimum atomic E-state index is -0.711. The lowest BCUT2D eigenvalue weighted by Crippen LogP contribution is -2.48. The van der Waals surface area contributed by atoms with Crippen LogP contribution in [-0.2, 0) is 11.2 Å². The molecule has 0 spiro atoms. The van der Waals surface area contributed by atoms with Gasteiger partial charge in [0.15, 0.2) is 0 Å². The summed E-state index contributed by atoms with van der Waals surface area (Å²) in [4.78, 5) is 11.8. The lowest BCUT2D eigenvalue weighted by Gasteiger charge is -2.36. The Morgan fingerprint density at radius 2 is 2.05 bits per heavy atom. The van der Waals surface area contributed by atoms with Gasteiger partial charge in [-0.05, 0) is 50.8 Å². The minimum absolute atomic E-state index is 0.0764. The SMILES string of the molecule is COC(=O)c1c(O)ccc2c1CCC(NC(C)(C)C)C2O. The van der Waals surface area contributed by atoms with E-state index in [0.717, 1.165) is 0 Å². The number of carbonyl (C=O) groups is 1. The quantitative estimate of drug-likeness (QED) is 0.726. The Balaban J connectivity index is 2.39. The molecule has 0 fully saturated rings. The molecule has 0 aromatic heterocycles. The highest BCUT2D eigenvalue weighted by molar-refractivity contribution is 5.94. The zero-order valence-corrected chi connectivity index (χ0v) is 12.9. The zero-order valence-electron chi connectivity index (χ0n) is 12.9. The van der Waals surface area contributed by atoms with Crippen molar-refractivity contribution in [2.75, 3.05) is 7.11 Å². The highest BCUT2D eigenvalue weighted by Gasteiger charge is 2.33. The van der Waals surface area contributed by atoms with E-state index in [0.29, 0.717) is 24.0 Å². The Morgan fingerprint density at radius 1 is 1.38 bits per heavy atom. The smallest absolute Gasteiger partial charge is 0.341 e. The third-order valence-corrected chi connectivity index (χ3v) is 3.74. The first kappa shape index (κ1) is 15.8. The van der Waals surface area contributed by atoms with Gasteiger partial charge < -0.3 is 20.3 Å². The van der Waals surface area contributed by atoms with Crippen molar-refractivity contribution in [1.29, 1.82) is 0 Å². The van der Waals surface area contributed by atoms with Gasteiger partial charge in [-0.2, -0.15) is 0 Å². The van der Waals surface area contributed by atoms with Crippen molar-refractivity contribution in [3.05, 3.63) is 28.8 Å². The molecule has 5 heteroatoms. The molecule has 0 bridgehead atoms. The number of hydrogen-bond acceptors (Lipinski definition) is 5. The first-order valence-corrected chi connectivity index (χ1v) is 7.13. The second-order valence-corrected chi connectivity index (χ2v) is 6.50. The van der Waals surface area contributed by atoms with Crippen molar-refractivity contribution in [1.82, 2.24) is 5.32 Å². The fraction of sp³-hybridized carbons (Fsp3) is 0.562. The molecule has 2 unspecified atom stereocenters. The van der Waals surface area contributed by atoms with Crippen LogP contribution < -0.4 is 5.32 Å². The summed E-state index contributed by atoms with van der Waals surface area (Å²) in [5, 5.41) is 23.9. The summed E-state index contributed by atoms with van der Waals surface area (Å²) in [6.07, 6.45) is 0.592. The van der Waals surface area contributed by atoms with Crippen LogP contribution in [0.3, 0.4) is 0 Å². The van der Waals surface area contributed by atoms with Crippen LogP contribution >= 0.6 is 0 Å². The summed E-state index contributed by atoms with van der Waals surface area (Å²) in [5.41, 5.74) is 1.43. The number of esters is 1. The van der Waals surface area contributed by atoms with Gasteiger partial charge in [0.25, 0.3) is 0 Å². The number of aromatic hydroxyl groups is 1. The lowest BCUT2D eigenvalue weighted by molar-refractivity contribution is 0.0592. The number of phenolic OH excluding ortho intramolecular Hbond substituents is 1. The van der Waals surface area contributed by atoms with Gasteiger partial charge in [0, 0.05) is 11.6 Å². The molecule has 0 radical (unpaired) electrons. The van der Waals surface area contributed by atoms with Crippen LogP contribution in [-0.4, -0.2) is 34.9 Å². The van der Waals surface area contributed by atoms with Crippen LogP contribution in [0.2, 0.25) is 0 Å². The molecule has 1 aromatic rings. The third kappa shape index (κ3) is 3.19. The van der Waals surface area contributed by atoms with E-state index in [1.54, 1.807) is 6.07 Å². The summed E-state index contributed by atoms with van der Waals surface area (Å²) < 4.78 is 4.73. The van der Waals surface area contributed by atoms with Crippen molar-refractivity contribution in [2.45, 2.75) is 51.3 Å². The predicted octanol–water partition coefficient (Wildman–Crippen LogP) is 1.92. The van der Waals surface area contributed by atoms with Gasteiger partial charge in [-0.3, -0.25) is 0 Å². The maximum Gasteiger partial charge on any atom is 0.341 e. The molecule has 2 rings (SSSR count). The fourth-order valence-electron chi connectivity index (χ4n) is 2.91. The largest absolute Gasteiger partial charge is 0.507 e. The van der Waals surface area contributed by atoms with Gasteiger partial charge in [0.05, 0.1) is 13.2 Å². The van der Waals surface area contributed by atoms with Crippen LogP contribution in [0, 0.1) is 0 Å². The molecule has 2 atom stereocenters. The van der Waals surface area contributed by atoms with Crippen molar-refractivity contribution in [2.24, 2.45) is 0 Å². The number of carbonyl (C=O) groups excluding carboxylic acids is 1. The summed E-state index contributed by atoms with van der Waals surface area (Å²) in [7, 11) is 1.28. The van der Waals surface area contributed by atoms with Gasteiger partial charge >= 0.3 is 5.97 Å². The Labute approximate surface area is 124 Å². The number of ether oxygens (including phenoxy) is 1. The van der Waals surface area contributed by atoms with E-state index < -0.39 is 12.1 Å². The standard InChI is InChI=1S/C16H23NO4/c1-16(2,3)17-11-7-5-9-10(14(11)19)6-8-12(18)13(9)15(20)21-4/h6,8,11,14,17-19H,5,7H2,1-4H3. The molecule has 1 aliphatic carbocycles. The summed E-state index contributed by atoms with van der Waals surface area (Å²) in [6.45, 7) is 6.14. The first-order valence-electron chi connectivity index (χ1n) is 7.13. The third-order valence-electron chi connectivity index (χ3n) is 3.74. The molecule has 0 amide bonds. The second-order valence-electron chi connectivity index (χ2n) is 6.50. The number of benzene rings is 1. The van der Waals surface area contributed by atoms with Crippen LogP contribution in [0.4, 0.5) is 0 Å². The molecule has 3 N–H and O–H groups in total. The number of aliphatic hydroxyl groups excluding tert-OH is 1. The highest BCUT2D eigenvalue weighted by Crippen LogP contribution is 2.36. The normalized spacial score (nSPS) is 21.8. The van der Waals surface area contributed by atoms with E-state index in [-0.39, 0.29) is 22.9 Å². The number of methoxy groups -OCH3 is 1. The van der Waals surface area contributed by atoms with Crippen molar-refractivity contribution in [3.63, 3.8) is 0 Å². The molecule has 0 saturated heterocycles. The minimum Gasteiger partial charge on any atom is -0.507 e. The van der Waals surface area contributed by atoms with Gasteiger partial charge in [-0.1, -0.05) is 6.07 Å². The fourth-order valence-corrected chi connectivity index (χ4v) is 2.91. The Hall–Kier alpha value is -1.59. The zero-order chi connectivity index (χ0) is 15.8. The Bertz CT molecular complexity index is 548. The molecule has 5 nitrogen and oxygen atoms in total. The van der Waals surface area contributed by atoms with Crippen molar-refractivity contribution >= 4 is 5.97 Å². The van der Waals surface area contributed by atoms with E-state index in [1.165, 1.54) is 13.2 Å². The van der Waals surface area contributed by atoms with Crippen LogP contribution in [0.25, 0.3) is 0 Å². The van der Waals surface area contributed by atoms with Crippen molar-refractivity contribution < 1.29 is 19.7 Å². The summed E-state index contributed by atoms with van der Waals surface area (Å²) in [5.74, 6) is -0.672. The van der Waals surface area contributed by atoms with Crippen LogP contribution in [0.1, 0.15) is 54.8 Å². The second kappa shape index (κ2) is 5.66. The Kier molecular flexibility index (Phi) is 4.25. The number of phenols is 1.